The van der Waals surface area contributed by atoms with Crippen LogP contribution in [0.25, 0.3) is 12.2 Å². The number of hydrogen-bond acceptors (Lipinski definition) is 13. The molecule has 234 valence electrons. The number of aromatic hydroxyl groups is 4. The van der Waals surface area contributed by atoms with Crippen molar-refractivity contribution in [2.45, 2.75) is 49.6 Å². The lowest BCUT2D eigenvalue weighted by atomic mass is 9.79. The van der Waals surface area contributed by atoms with E-state index in [-0.39, 0.29) is 11.1 Å². The number of aliphatic carboxylic acids is 2. The number of hydrogen-bond donors (Lipinski definition) is 7. The van der Waals surface area contributed by atoms with Crippen LogP contribution in [-0.2, 0) is 38.2 Å². The van der Waals surface area contributed by atoms with Gasteiger partial charge in [-0.3, -0.25) is 9.59 Å². The largest absolute Gasteiger partial charge is 0.504 e. The Hall–Kier alpha value is -5.57. The smallest absolute Gasteiger partial charge is 0.348 e. The van der Waals surface area contributed by atoms with E-state index in [1.165, 1.54) is 18.2 Å². The molecule has 2 aromatic carbocycles. The minimum absolute atomic E-state index is 0.228. The molecule has 1 saturated carbocycles. The standard InChI is InChI=1S/C29H28O15/c30-17-5-1-15(11-19(17)32)3-8-24(36)42-21-13-29(28(40)41,14-22(27(21)39)43-25(37)10-7-23(34)35)44-26(38)9-4-16-2-6-18(31)20(33)12-16/h1-6,8-9,11-12,21-22,27,30-33,39H,7,10,13-14H2,(H,34,35)(H,40,41)/t21-,22-,27+,29-/m1/s1. The number of esters is 3. The molecule has 0 unspecified atom stereocenters. The summed E-state index contributed by atoms with van der Waals surface area (Å²) in [6.45, 7) is 0. The molecule has 1 aliphatic carbocycles. The van der Waals surface area contributed by atoms with Crippen LogP contribution in [0, 0.1) is 0 Å². The number of carboxylic acid groups (broad SMARTS) is 2. The van der Waals surface area contributed by atoms with Crippen LogP contribution in [0.5, 0.6) is 23.0 Å². The quantitative estimate of drug-likeness (QED) is 0.0816. The number of phenols is 4. The van der Waals surface area contributed by atoms with E-state index in [4.69, 9.17) is 19.3 Å². The SMILES string of the molecule is O=C(O)CCC(=O)O[C@@H]1C[C@@](OC(=O)C=Cc2ccc(O)c(O)c2)(C(=O)O)C[C@@H](OC(=O)C=Cc2ccc(O)c(O)c2)[C@@H]1O. The van der Waals surface area contributed by atoms with Gasteiger partial charge in [-0.25, -0.2) is 14.4 Å². The third kappa shape index (κ3) is 8.72. The normalized spacial score (nSPS) is 21.5. The summed E-state index contributed by atoms with van der Waals surface area (Å²) in [6.07, 6.45) is -4.10. The molecule has 44 heavy (non-hydrogen) atoms. The van der Waals surface area contributed by atoms with Crippen LogP contribution in [0.1, 0.15) is 36.8 Å². The molecule has 2 aromatic rings. The highest BCUT2D eigenvalue weighted by Crippen LogP contribution is 2.37. The first kappa shape index (κ1) is 32.9. The number of aliphatic hydroxyl groups excluding tert-OH is 1. The molecule has 0 heterocycles. The second kappa shape index (κ2) is 14.1. The zero-order chi connectivity index (χ0) is 32.6. The fourth-order valence-electron chi connectivity index (χ4n) is 4.21. The van der Waals surface area contributed by atoms with Gasteiger partial charge in [-0.05, 0) is 47.5 Å². The van der Waals surface area contributed by atoms with Gasteiger partial charge >= 0.3 is 29.8 Å². The van der Waals surface area contributed by atoms with Crippen LogP contribution >= 0.6 is 0 Å². The Balaban J connectivity index is 1.85. The molecule has 1 aliphatic rings. The van der Waals surface area contributed by atoms with Gasteiger partial charge in [0.2, 0.25) is 5.60 Å². The van der Waals surface area contributed by atoms with E-state index in [0.29, 0.717) is 0 Å². The summed E-state index contributed by atoms with van der Waals surface area (Å²) in [5.41, 5.74) is -2.02. The maximum absolute atomic E-state index is 12.7. The van der Waals surface area contributed by atoms with Crippen molar-refractivity contribution in [3.8, 4) is 23.0 Å². The maximum Gasteiger partial charge on any atom is 0.348 e. The van der Waals surface area contributed by atoms with Crippen LogP contribution in [0.2, 0.25) is 0 Å². The van der Waals surface area contributed by atoms with E-state index in [1.54, 1.807) is 0 Å². The summed E-state index contributed by atoms with van der Waals surface area (Å²) in [6, 6.07) is 7.22. The van der Waals surface area contributed by atoms with Gasteiger partial charge in [-0.15, -0.1) is 0 Å². The van der Waals surface area contributed by atoms with Crippen molar-refractivity contribution in [1.29, 1.82) is 0 Å². The van der Waals surface area contributed by atoms with Crippen molar-refractivity contribution in [1.82, 2.24) is 0 Å². The number of ether oxygens (including phenoxy) is 3. The molecule has 0 spiro atoms. The number of carbonyl (C=O) groups is 5. The Morgan fingerprint density at radius 2 is 1.23 bits per heavy atom. The van der Waals surface area contributed by atoms with E-state index < -0.39 is 102 Å². The molecule has 4 atom stereocenters. The van der Waals surface area contributed by atoms with Crippen LogP contribution < -0.4 is 0 Å². The zero-order valence-electron chi connectivity index (χ0n) is 22.7. The number of carboxylic acids is 2. The molecule has 3 rings (SSSR count). The van der Waals surface area contributed by atoms with Gasteiger partial charge in [-0.2, -0.15) is 0 Å². The first-order chi connectivity index (χ1) is 20.7. The predicted molar refractivity (Wildman–Crippen MR) is 146 cm³/mol. The van der Waals surface area contributed by atoms with Gasteiger partial charge in [-0.1, -0.05) is 12.1 Å². The fraction of sp³-hybridized carbons (Fsp3) is 0.276. The summed E-state index contributed by atoms with van der Waals surface area (Å²) in [5, 5.41) is 67.8. The van der Waals surface area contributed by atoms with Crippen molar-refractivity contribution in [3.63, 3.8) is 0 Å². The van der Waals surface area contributed by atoms with Gasteiger partial charge in [0.1, 0.15) is 18.3 Å². The summed E-state index contributed by atoms with van der Waals surface area (Å²) in [7, 11) is 0. The Labute approximate surface area is 248 Å². The summed E-state index contributed by atoms with van der Waals surface area (Å²) >= 11 is 0. The molecule has 1 fully saturated rings. The molecule has 0 amide bonds. The molecular weight excluding hydrogens is 588 g/mol. The van der Waals surface area contributed by atoms with Crippen molar-refractivity contribution >= 4 is 42.0 Å². The molecule has 15 heteroatoms. The first-order valence-electron chi connectivity index (χ1n) is 12.9. The van der Waals surface area contributed by atoms with E-state index in [0.717, 1.165) is 42.5 Å². The number of rotatable bonds is 11. The number of benzene rings is 2. The fourth-order valence-corrected chi connectivity index (χ4v) is 4.21. The number of carbonyl (C=O) groups excluding carboxylic acids is 3. The van der Waals surface area contributed by atoms with Crippen molar-refractivity contribution in [3.05, 3.63) is 59.7 Å². The molecule has 0 aromatic heterocycles. The molecule has 0 aliphatic heterocycles. The Kier molecular flexibility index (Phi) is 10.5. The highest BCUT2D eigenvalue weighted by atomic mass is 16.6. The molecule has 7 N–H and O–H groups in total. The molecule has 0 bridgehead atoms. The van der Waals surface area contributed by atoms with Crippen LogP contribution in [0.15, 0.2) is 48.6 Å². The number of aliphatic hydroxyl groups is 1. The minimum atomic E-state index is -2.51. The summed E-state index contributed by atoms with van der Waals surface area (Å²) in [5.74, 6) is -8.30. The predicted octanol–water partition coefficient (Wildman–Crippen LogP) is 1.45. The lowest BCUT2D eigenvalue weighted by Gasteiger charge is -2.42. The average molecular weight is 617 g/mol. The third-order valence-corrected chi connectivity index (χ3v) is 6.43. The number of phenolic OH excluding ortho intramolecular Hbond substituents is 4. The van der Waals surface area contributed by atoms with Crippen LogP contribution in [0.4, 0.5) is 0 Å². The van der Waals surface area contributed by atoms with Gasteiger partial charge < -0.3 is 50.0 Å². The van der Waals surface area contributed by atoms with Gasteiger partial charge in [0, 0.05) is 25.0 Å². The Morgan fingerprint density at radius 1 is 0.727 bits per heavy atom. The molecule has 15 nitrogen and oxygen atoms in total. The maximum atomic E-state index is 12.7. The van der Waals surface area contributed by atoms with Gasteiger partial charge in [0.15, 0.2) is 23.0 Å². The summed E-state index contributed by atoms with van der Waals surface area (Å²) < 4.78 is 15.6. The van der Waals surface area contributed by atoms with Gasteiger partial charge in [0.25, 0.3) is 0 Å². The van der Waals surface area contributed by atoms with Crippen molar-refractivity contribution in [2.24, 2.45) is 0 Å². The third-order valence-electron chi connectivity index (χ3n) is 6.43. The molecular formula is C29H28O15. The highest BCUT2D eigenvalue weighted by Gasteiger charge is 2.56. The van der Waals surface area contributed by atoms with Crippen LogP contribution in [0.3, 0.4) is 0 Å². The topological polar surface area (TPSA) is 255 Å². The molecule has 0 saturated heterocycles. The second-order valence-corrected chi connectivity index (χ2v) is 9.68. The summed E-state index contributed by atoms with van der Waals surface area (Å²) in [4.78, 5) is 60.8. The van der Waals surface area contributed by atoms with Gasteiger partial charge in [0.05, 0.1) is 12.8 Å². The second-order valence-electron chi connectivity index (χ2n) is 9.68. The van der Waals surface area contributed by atoms with E-state index in [1.807, 2.05) is 0 Å². The lowest BCUT2D eigenvalue weighted by molar-refractivity contribution is -0.213. The Bertz CT molecular complexity index is 1490. The monoisotopic (exact) mass is 616 g/mol. The van der Waals surface area contributed by atoms with Crippen LogP contribution in [-0.4, -0.2) is 89.5 Å². The lowest BCUT2D eigenvalue weighted by Crippen LogP contribution is -2.59. The molecule has 0 radical (unpaired) electrons. The van der Waals surface area contributed by atoms with E-state index in [9.17, 15) is 54.6 Å². The van der Waals surface area contributed by atoms with Crippen molar-refractivity contribution in [2.75, 3.05) is 0 Å². The van der Waals surface area contributed by atoms with E-state index in [2.05, 4.69) is 0 Å². The van der Waals surface area contributed by atoms with E-state index >= 15 is 0 Å². The van der Waals surface area contributed by atoms with Crippen molar-refractivity contribution < 1.29 is 73.9 Å². The Morgan fingerprint density at radius 3 is 1.70 bits per heavy atom. The minimum Gasteiger partial charge on any atom is -0.504 e. The average Bonchev–Trinajstić information content (AvgIpc) is 2.95. The first-order valence-corrected chi connectivity index (χ1v) is 12.9. The zero-order valence-corrected chi connectivity index (χ0v) is 22.7. The highest BCUT2D eigenvalue weighted by molar-refractivity contribution is 5.91.